The first-order valence-electron chi connectivity index (χ1n) is 3.87. The van der Waals surface area contributed by atoms with Gasteiger partial charge in [0.1, 0.15) is 11.5 Å². The standard InChI is InChI=1S/C6H6O2.C5H6O/c7-5-2-1-3-6(8)4-5;1-3-5(6)4-2/h1-4,7-8H;3-4H,1-2H2. The Labute approximate surface area is 82.6 Å². The van der Waals surface area contributed by atoms with Gasteiger partial charge in [0.25, 0.3) is 0 Å². The molecule has 0 atom stereocenters. The Morgan fingerprint density at radius 1 is 1.14 bits per heavy atom. The first-order chi connectivity index (χ1) is 6.60. The van der Waals surface area contributed by atoms with Crippen LogP contribution in [0.2, 0.25) is 0 Å². The van der Waals surface area contributed by atoms with Crippen LogP contribution in [0.25, 0.3) is 0 Å². The molecule has 0 aliphatic rings. The van der Waals surface area contributed by atoms with E-state index < -0.39 is 0 Å². The van der Waals surface area contributed by atoms with Crippen LogP contribution in [-0.4, -0.2) is 16.0 Å². The van der Waals surface area contributed by atoms with E-state index in [0.717, 1.165) is 0 Å². The van der Waals surface area contributed by atoms with Crippen LogP contribution in [0.15, 0.2) is 49.6 Å². The van der Waals surface area contributed by atoms with Gasteiger partial charge in [0.2, 0.25) is 0 Å². The van der Waals surface area contributed by atoms with Crippen LogP contribution in [0.5, 0.6) is 11.5 Å². The summed E-state index contributed by atoms with van der Waals surface area (Å²) in [5, 5.41) is 17.3. The lowest BCUT2D eigenvalue weighted by Gasteiger charge is -1.89. The summed E-state index contributed by atoms with van der Waals surface area (Å²) in [6.45, 7) is 6.42. The number of rotatable bonds is 2. The third kappa shape index (κ3) is 5.60. The molecule has 74 valence electrons. The van der Waals surface area contributed by atoms with Crippen molar-refractivity contribution in [1.82, 2.24) is 0 Å². The summed E-state index contributed by atoms with van der Waals surface area (Å²) in [4.78, 5) is 9.94. The van der Waals surface area contributed by atoms with E-state index in [-0.39, 0.29) is 17.3 Å². The highest BCUT2D eigenvalue weighted by Crippen LogP contribution is 2.14. The van der Waals surface area contributed by atoms with Gasteiger partial charge in [0.15, 0.2) is 5.78 Å². The van der Waals surface area contributed by atoms with Crippen LogP contribution in [0, 0.1) is 0 Å². The smallest absolute Gasteiger partial charge is 0.177 e. The minimum Gasteiger partial charge on any atom is -0.508 e. The highest BCUT2D eigenvalue weighted by molar-refractivity contribution is 5.98. The Balaban J connectivity index is 0.000000255. The maximum Gasteiger partial charge on any atom is 0.177 e. The molecule has 0 saturated heterocycles. The van der Waals surface area contributed by atoms with E-state index in [9.17, 15) is 4.79 Å². The molecule has 1 aromatic rings. The van der Waals surface area contributed by atoms with Crippen molar-refractivity contribution in [1.29, 1.82) is 0 Å². The van der Waals surface area contributed by atoms with Crippen LogP contribution >= 0.6 is 0 Å². The third-order valence-electron chi connectivity index (χ3n) is 1.23. The predicted octanol–water partition coefficient (Wildman–Crippen LogP) is 2.03. The van der Waals surface area contributed by atoms with E-state index in [4.69, 9.17) is 10.2 Å². The molecule has 0 aliphatic carbocycles. The summed E-state index contributed by atoms with van der Waals surface area (Å²) < 4.78 is 0. The second kappa shape index (κ2) is 6.48. The molecule has 0 radical (unpaired) electrons. The van der Waals surface area contributed by atoms with Gasteiger partial charge in [-0.15, -0.1) is 0 Å². The van der Waals surface area contributed by atoms with Crippen molar-refractivity contribution in [2.45, 2.75) is 0 Å². The molecule has 0 aliphatic heterocycles. The molecule has 0 heterocycles. The lowest BCUT2D eigenvalue weighted by atomic mass is 10.3. The van der Waals surface area contributed by atoms with Gasteiger partial charge in [-0.2, -0.15) is 0 Å². The van der Waals surface area contributed by atoms with Crippen LogP contribution in [-0.2, 0) is 4.79 Å². The molecule has 14 heavy (non-hydrogen) atoms. The van der Waals surface area contributed by atoms with Gasteiger partial charge in [0, 0.05) is 6.07 Å². The van der Waals surface area contributed by atoms with Crippen molar-refractivity contribution in [2.24, 2.45) is 0 Å². The van der Waals surface area contributed by atoms with Gasteiger partial charge in [0.05, 0.1) is 0 Å². The summed E-state index contributed by atoms with van der Waals surface area (Å²) in [6.07, 6.45) is 2.43. The van der Waals surface area contributed by atoms with E-state index in [1.165, 1.54) is 30.4 Å². The number of hydrogen-bond donors (Lipinski definition) is 2. The molecular weight excluding hydrogens is 180 g/mol. The molecule has 0 fully saturated rings. The lowest BCUT2D eigenvalue weighted by molar-refractivity contribution is -0.110. The number of phenols is 2. The Morgan fingerprint density at radius 3 is 1.71 bits per heavy atom. The van der Waals surface area contributed by atoms with Crippen LogP contribution < -0.4 is 0 Å². The largest absolute Gasteiger partial charge is 0.508 e. The van der Waals surface area contributed by atoms with E-state index in [1.54, 1.807) is 6.07 Å². The summed E-state index contributed by atoms with van der Waals surface area (Å²) >= 11 is 0. The number of phenolic OH excluding ortho intramolecular Hbond substituents is 2. The average molecular weight is 192 g/mol. The quantitative estimate of drug-likeness (QED) is 0.705. The van der Waals surface area contributed by atoms with E-state index in [1.807, 2.05) is 0 Å². The summed E-state index contributed by atoms with van der Waals surface area (Å²) in [5.41, 5.74) is 0. The van der Waals surface area contributed by atoms with E-state index in [2.05, 4.69) is 13.2 Å². The third-order valence-corrected chi connectivity index (χ3v) is 1.23. The second-order valence-electron chi connectivity index (χ2n) is 2.33. The SMILES string of the molecule is C=CC(=O)C=C.Oc1cccc(O)c1. The minimum absolute atomic E-state index is 0.0880. The molecule has 2 N–H and O–H groups in total. The number of hydrogen-bond acceptors (Lipinski definition) is 3. The van der Waals surface area contributed by atoms with Crippen molar-refractivity contribution in [3.8, 4) is 11.5 Å². The minimum atomic E-state index is -0.130. The van der Waals surface area contributed by atoms with Gasteiger partial charge in [-0.3, -0.25) is 4.79 Å². The molecule has 0 unspecified atom stereocenters. The van der Waals surface area contributed by atoms with E-state index in [0.29, 0.717) is 0 Å². The summed E-state index contributed by atoms with van der Waals surface area (Å²) in [7, 11) is 0. The number of ketones is 1. The van der Waals surface area contributed by atoms with Gasteiger partial charge in [-0.1, -0.05) is 19.2 Å². The molecule has 1 rings (SSSR count). The molecule has 3 heteroatoms. The first-order valence-corrected chi connectivity index (χ1v) is 3.87. The first kappa shape index (κ1) is 12.0. The fourth-order valence-electron chi connectivity index (χ4n) is 0.576. The molecule has 1 aromatic carbocycles. The monoisotopic (exact) mass is 192 g/mol. The van der Waals surface area contributed by atoms with Gasteiger partial charge >= 0.3 is 0 Å². The Hall–Kier alpha value is -2.03. The molecule has 0 bridgehead atoms. The van der Waals surface area contributed by atoms with Crippen LogP contribution in [0.3, 0.4) is 0 Å². The highest BCUT2D eigenvalue weighted by atomic mass is 16.3. The normalized spacial score (nSPS) is 8.00. The second-order valence-corrected chi connectivity index (χ2v) is 2.33. The Kier molecular flexibility index (Phi) is 5.54. The van der Waals surface area contributed by atoms with Crippen LogP contribution in [0.4, 0.5) is 0 Å². The molecule has 0 saturated carbocycles. The van der Waals surface area contributed by atoms with Crippen molar-refractivity contribution >= 4 is 5.78 Å². The summed E-state index contributed by atoms with van der Waals surface area (Å²) in [5.74, 6) is 0.0463. The molecular formula is C11H12O3. The Morgan fingerprint density at radius 2 is 1.57 bits per heavy atom. The highest BCUT2D eigenvalue weighted by Gasteiger charge is 1.85. The average Bonchev–Trinajstić information content (AvgIpc) is 2.17. The number of carbonyl (C=O) groups is 1. The molecule has 0 aromatic heterocycles. The molecule has 0 spiro atoms. The van der Waals surface area contributed by atoms with Crippen molar-refractivity contribution in [3.63, 3.8) is 0 Å². The summed E-state index contributed by atoms with van der Waals surface area (Å²) in [6, 6.07) is 5.85. The maximum atomic E-state index is 9.94. The zero-order valence-electron chi connectivity index (χ0n) is 7.68. The van der Waals surface area contributed by atoms with Gasteiger partial charge in [-0.25, -0.2) is 0 Å². The topological polar surface area (TPSA) is 57.5 Å². The molecule has 3 nitrogen and oxygen atoms in total. The van der Waals surface area contributed by atoms with Crippen LogP contribution in [0.1, 0.15) is 0 Å². The lowest BCUT2D eigenvalue weighted by Crippen LogP contribution is -1.78. The number of carbonyl (C=O) groups excluding carboxylic acids is 1. The van der Waals surface area contributed by atoms with Gasteiger partial charge in [-0.05, 0) is 24.3 Å². The number of aromatic hydroxyl groups is 2. The zero-order valence-corrected chi connectivity index (χ0v) is 7.68. The van der Waals surface area contributed by atoms with Gasteiger partial charge < -0.3 is 10.2 Å². The maximum absolute atomic E-state index is 9.94. The fraction of sp³-hybridized carbons (Fsp3) is 0. The zero-order chi connectivity index (χ0) is 11.0. The van der Waals surface area contributed by atoms with E-state index >= 15 is 0 Å². The van der Waals surface area contributed by atoms with Crippen molar-refractivity contribution in [2.75, 3.05) is 0 Å². The Bertz CT molecular complexity index is 302. The predicted molar refractivity (Wildman–Crippen MR) is 55.2 cm³/mol. The number of allylic oxidation sites excluding steroid dienone is 2. The van der Waals surface area contributed by atoms with Crippen molar-refractivity contribution in [3.05, 3.63) is 49.6 Å². The molecule has 0 amide bonds. The fourth-order valence-corrected chi connectivity index (χ4v) is 0.576. The van der Waals surface area contributed by atoms with Crippen molar-refractivity contribution < 1.29 is 15.0 Å². The number of benzene rings is 1.